The molecule has 6 heteroatoms. The van der Waals surface area contributed by atoms with Crippen LogP contribution in [0.1, 0.15) is 13.8 Å². The molecule has 1 aromatic carbocycles. The Morgan fingerprint density at radius 2 is 1.81 bits per heavy atom. The number of hydrogen-bond acceptors (Lipinski definition) is 4. The molecular formula is C15H25N3O2S. The van der Waals surface area contributed by atoms with Crippen LogP contribution in [0.2, 0.25) is 0 Å². The summed E-state index contributed by atoms with van der Waals surface area (Å²) < 4.78 is 27.0. The van der Waals surface area contributed by atoms with E-state index in [0.717, 1.165) is 19.6 Å². The fourth-order valence-corrected chi connectivity index (χ4v) is 3.73. The van der Waals surface area contributed by atoms with E-state index in [1.165, 1.54) is 0 Å². The quantitative estimate of drug-likeness (QED) is 0.881. The molecule has 1 aromatic rings. The summed E-state index contributed by atoms with van der Waals surface area (Å²) >= 11 is 0. The fourth-order valence-electron chi connectivity index (χ4n) is 2.69. The summed E-state index contributed by atoms with van der Waals surface area (Å²) in [6.07, 6.45) is 0. The van der Waals surface area contributed by atoms with E-state index in [2.05, 4.69) is 35.4 Å². The van der Waals surface area contributed by atoms with Gasteiger partial charge in [-0.15, -0.1) is 0 Å². The van der Waals surface area contributed by atoms with Gasteiger partial charge in [0.15, 0.2) is 0 Å². The van der Waals surface area contributed by atoms with Crippen molar-refractivity contribution in [2.45, 2.75) is 30.8 Å². The maximum absolute atomic E-state index is 12.1. The fraction of sp³-hybridized carbons (Fsp3) is 0.600. The van der Waals surface area contributed by atoms with Crippen molar-refractivity contribution in [3.05, 3.63) is 30.3 Å². The Morgan fingerprint density at radius 3 is 2.48 bits per heavy atom. The minimum Gasteiger partial charge on any atom is -0.301 e. The summed E-state index contributed by atoms with van der Waals surface area (Å²) in [6, 6.07) is 9.47. The first kappa shape index (κ1) is 16.4. The van der Waals surface area contributed by atoms with Crippen LogP contribution < -0.4 is 4.72 Å². The Labute approximate surface area is 128 Å². The van der Waals surface area contributed by atoms with Gasteiger partial charge in [0.2, 0.25) is 10.0 Å². The molecule has 1 saturated heterocycles. The van der Waals surface area contributed by atoms with Crippen LogP contribution in [0, 0.1) is 0 Å². The van der Waals surface area contributed by atoms with Crippen LogP contribution in [-0.4, -0.2) is 63.5 Å². The van der Waals surface area contributed by atoms with Crippen molar-refractivity contribution < 1.29 is 8.42 Å². The highest BCUT2D eigenvalue weighted by Crippen LogP contribution is 2.13. The van der Waals surface area contributed by atoms with E-state index in [1.54, 1.807) is 24.3 Å². The molecule has 1 aliphatic rings. The van der Waals surface area contributed by atoms with Crippen LogP contribution >= 0.6 is 0 Å². The molecule has 0 aliphatic carbocycles. The van der Waals surface area contributed by atoms with Crippen LogP contribution in [0.3, 0.4) is 0 Å². The number of nitrogens with zero attached hydrogens (tertiary/aromatic N) is 2. The molecule has 1 aliphatic heterocycles. The topological polar surface area (TPSA) is 52.7 Å². The third-order valence-corrected chi connectivity index (χ3v) is 5.65. The first-order valence-electron chi connectivity index (χ1n) is 7.39. The zero-order valence-corrected chi connectivity index (χ0v) is 13.8. The maximum atomic E-state index is 12.1. The van der Waals surface area contributed by atoms with E-state index in [-0.39, 0.29) is 0 Å². The molecule has 1 fully saturated rings. The summed E-state index contributed by atoms with van der Waals surface area (Å²) in [4.78, 5) is 5.01. The average molecular weight is 311 g/mol. The van der Waals surface area contributed by atoms with E-state index in [9.17, 15) is 8.42 Å². The van der Waals surface area contributed by atoms with Gasteiger partial charge in [0.1, 0.15) is 0 Å². The lowest BCUT2D eigenvalue weighted by Crippen LogP contribution is -2.56. The second-order valence-electron chi connectivity index (χ2n) is 5.84. The second kappa shape index (κ2) is 6.87. The van der Waals surface area contributed by atoms with Gasteiger partial charge >= 0.3 is 0 Å². The van der Waals surface area contributed by atoms with Crippen LogP contribution in [-0.2, 0) is 10.0 Å². The van der Waals surface area contributed by atoms with Gasteiger partial charge in [-0.3, -0.25) is 4.90 Å². The zero-order valence-electron chi connectivity index (χ0n) is 13.0. The lowest BCUT2D eigenvalue weighted by Gasteiger charge is -2.42. The monoisotopic (exact) mass is 311 g/mol. The standard InChI is InChI=1S/C15H25N3O2S/c1-13-12-18(14(2)11-17(13)3)10-9-16-21(19,20)15-7-5-4-6-8-15/h4-8,13-14,16H,9-12H2,1-3H3/t13-,14+/m1/s1. The Hall–Kier alpha value is -0.950. The van der Waals surface area contributed by atoms with E-state index in [0.29, 0.717) is 23.5 Å². The number of benzene rings is 1. The van der Waals surface area contributed by atoms with Gasteiger partial charge in [-0.1, -0.05) is 18.2 Å². The number of rotatable bonds is 5. The number of nitrogens with one attached hydrogen (secondary N) is 1. The summed E-state index contributed by atoms with van der Waals surface area (Å²) in [5.74, 6) is 0. The van der Waals surface area contributed by atoms with Crippen LogP contribution in [0.4, 0.5) is 0 Å². The van der Waals surface area contributed by atoms with E-state index in [1.807, 2.05) is 6.07 Å². The molecule has 0 amide bonds. The van der Waals surface area contributed by atoms with Crippen LogP contribution in [0.25, 0.3) is 0 Å². The lowest BCUT2D eigenvalue weighted by molar-refractivity contribution is 0.0619. The van der Waals surface area contributed by atoms with Crippen LogP contribution in [0.5, 0.6) is 0 Å². The molecule has 0 spiro atoms. The molecule has 2 rings (SSSR count). The molecule has 118 valence electrons. The normalized spacial score (nSPS) is 25.1. The molecule has 2 atom stereocenters. The zero-order chi connectivity index (χ0) is 15.5. The van der Waals surface area contributed by atoms with Gasteiger partial charge in [-0.2, -0.15) is 0 Å². The molecule has 0 saturated carbocycles. The molecule has 21 heavy (non-hydrogen) atoms. The van der Waals surface area contributed by atoms with Crippen molar-refractivity contribution in [1.82, 2.24) is 14.5 Å². The minimum atomic E-state index is -3.39. The van der Waals surface area contributed by atoms with Gasteiger partial charge < -0.3 is 4.90 Å². The largest absolute Gasteiger partial charge is 0.301 e. The van der Waals surface area contributed by atoms with Gasteiger partial charge in [-0.25, -0.2) is 13.1 Å². The molecular weight excluding hydrogens is 286 g/mol. The third-order valence-electron chi connectivity index (χ3n) is 4.17. The predicted octanol–water partition coefficient (Wildman–Crippen LogP) is 0.989. The Morgan fingerprint density at radius 1 is 1.14 bits per heavy atom. The summed E-state index contributed by atoms with van der Waals surface area (Å²) in [5, 5.41) is 0. The third kappa shape index (κ3) is 4.26. The summed E-state index contributed by atoms with van der Waals surface area (Å²) in [7, 11) is -1.25. The van der Waals surface area contributed by atoms with E-state index < -0.39 is 10.0 Å². The lowest BCUT2D eigenvalue weighted by atomic mass is 10.1. The number of hydrogen-bond donors (Lipinski definition) is 1. The summed E-state index contributed by atoms with van der Waals surface area (Å²) in [5.41, 5.74) is 0. The molecule has 0 aromatic heterocycles. The SMILES string of the molecule is C[C@@H]1CN(CCNS(=O)(=O)c2ccccc2)[C@@H](C)CN1C. The minimum absolute atomic E-state index is 0.324. The van der Waals surface area contributed by atoms with Crippen molar-refractivity contribution in [3.63, 3.8) is 0 Å². The number of likely N-dealkylation sites (N-methyl/N-ethyl adjacent to an activating group) is 1. The highest BCUT2D eigenvalue weighted by atomic mass is 32.2. The summed E-state index contributed by atoms with van der Waals surface area (Å²) in [6.45, 7) is 7.57. The average Bonchev–Trinajstić information content (AvgIpc) is 2.45. The van der Waals surface area contributed by atoms with Crippen LogP contribution in [0.15, 0.2) is 35.2 Å². The van der Waals surface area contributed by atoms with Crippen molar-refractivity contribution in [1.29, 1.82) is 0 Å². The van der Waals surface area contributed by atoms with Crippen molar-refractivity contribution in [2.24, 2.45) is 0 Å². The van der Waals surface area contributed by atoms with Gasteiger partial charge in [0.25, 0.3) is 0 Å². The second-order valence-corrected chi connectivity index (χ2v) is 7.61. The van der Waals surface area contributed by atoms with Crippen molar-refractivity contribution in [2.75, 3.05) is 33.2 Å². The highest BCUT2D eigenvalue weighted by Gasteiger charge is 2.26. The van der Waals surface area contributed by atoms with Gasteiger partial charge in [-0.05, 0) is 33.0 Å². The van der Waals surface area contributed by atoms with Crippen molar-refractivity contribution in [3.8, 4) is 0 Å². The first-order chi connectivity index (χ1) is 9.90. The smallest absolute Gasteiger partial charge is 0.240 e. The molecule has 0 bridgehead atoms. The number of piperazine rings is 1. The maximum Gasteiger partial charge on any atom is 0.240 e. The molecule has 1 N–H and O–H groups in total. The van der Waals surface area contributed by atoms with Crippen molar-refractivity contribution >= 4 is 10.0 Å². The van der Waals surface area contributed by atoms with Gasteiger partial charge in [0, 0.05) is 38.3 Å². The molecule has 1 heterocycles. The Balaban J connectivity index is 1.87. The predicted molar refractivity (Wildman–Crippen MR) is 84.8 cm³/mol. The number of sulfonamides is 1. The molecule has 5 nitrogen and oxygen atoms in total. The Kier molecular flexibility index (Phi) is 5.37. The molecule has 0 unspecified atom stereocenters. The Bertz CT molecular complexity index is 547. The van der Waals surface area contributed by atoms with E-state index in [4.69, 9.17) is 0 Å². The van der Waals surface area contributed by atoms with E-state index >= 15 is 0 Å². The first-order valence-corrected chi connectivity index (χ1v) is 8.87. The highest BCUT2D eigenvalue weighted by molar-refractivity contribution is 7.89. The molecule has 0 radical (unpaired) electrons. The van der Waals surface area contributed by atoms with Gasteiger partial charge in [0.05, 0.1) is 4.90 Å².